The third kappa shape index (κ3) is 1.65. The van der Waals surface area contributed by atoms with Crippen molar-refractivity contribution in [3.8, 4) is 11.3 Å². The van der Waals surface area contributed by atoms with Crippen LogP contribution in [0.3, 0.4) is 0 Å². The van der Waals surface area contributed by atoms with Crippen LogP contribution in [0.1, 0.15) is 24.4 Å². The van der Waals surface area contributed by atoms with Gasteiger partial charge in [-0.1, -0.05) is 0 Å². The monoisotopic (exact) mass is 229 g/mol. The minimum Gasteiger partial charge on any atom is -0.395 e. The van der Waals surface area contributed by atoms with E-state index in [0.717, 1.165) is 35.6 Å². The molecule has 88 valence electrons. The van der Waals surface area contributed by atoms with Crippen molar-refractivity contribution in [3.05, 3.63) is 36.0 Å². The molecule has 1 saturated carbocycles. The summed E-state index contributed by atoms with van der Waals surface area (Å²) in [6, 6.07) is 3.90. The van der Waals surface area contributed by atoms with Gasteiger partial charge in [-0.2, -0.15) is 0 Å². The Morgan fingerprint density at radius 2 is 2.06 bits per heavy atom. The number of nitrogens with one attached hydrogen (secondary N) is 1. The first kappa shape index (κ1) is 10.5. The van der Waals surface area contributed by atoms with Crippen LogP contribution in [0.4, 0.5) is 0 Å². The predicted molar refractivity (Wildman–Crippen MR) is 64.6 cm³/mol. The highest BCUT2D eigenvalue weighted by molar-refractivity contribution is 5.61. The molecule has 0 radical (unpaired) electrons. The maximum absolute atomic E-state index is 9.41. The highest BCUT2D eigenvalue weighted by Gasteiger charge is 2.46. The van der Waals surface area contributed by atoms with Crippen LogP contribution in [0.25, 0.3) is 11.3 Å². The molecule has 0 spiro atoms. The number of aryl methyl sites for hydroxylation is 1. The second-order valence-electron chi connectivity index (χ2n) is 4.73. The van der Waals surface area contributed by atoms with Gasteiger partial charge in [0.15, 0.2) is 0 Å². The summed E-state index contributed by atoms with van der Waals surface area (Å²) >= 11 is 0. The van der Waals surface area contributed by atoms with E-state index in [1.54, 1.807) is 12.4 Å². The fraction of sp³-hybridized carbons (Fsp3) is 0.385. The molecule has 0 bridgehead atoms. The normalized spacial score (nSPS) is 17.1. The molecule has 3 rings (SSSR count). The van der Waals surface area contributed by atoms with Crippen LogP contribution in [0, 0.1) is 6.92 Å². The van der Waals surface area contributed by atoms with Gasteiger partial charge in [0.1, 0.15) is 5.82 Å². The van der Waals surface area contributed by atoms with Gasteiger partial charge in [0.05, 0.1) is 17.7 Å². The lowest BCUT2D eigenvalue weighted by molar-refractivity contribution is 0.250. The number of hydrogen-bond acceptors (Lipinski definition) is 3. The molecule has 4 nitrogen and oxygen atoms in total. The molecule has 0 aliphatic heterocycles. The van der Waals surface area contributed by atoms with Crippen LogP contribution >= 0.6 is 0 Å². The van der Waals surface area contributed by atoms with Gasteiger partial charge in [-0.15, -0.1) is 0 Å². The third-order valence-electron chi connectivity index (χ3n) is 3.50. The van der Waals surface area contributed by atoms with Crippen molar-refractivity contribution in [1.29, 1.82) is 0 Å². The molecule has 2 aromatic rings. The Hall–Kier alpha value is -1.68. The van der Waals surface area contributed by atoms with E-state index in [9.17, 15) is 5.11 Å². The summed E-state index contributed by atoms with van der Waals surface area (Å²) in [7, 11) is 0. The lowest BCUT2D eigenvalue weighted by Crippen LogP contribution is -2.13. The van der Waals surface area contributed by atoms with E-state index >= 15 is 0 Å². The molecule has 0 aromatic carbocycles. The first-order valence-corrected chi connectivity index (χ1v) is 5.83. The Morgan fingerprint density at radius 1 is 1.35 bits per heavy atom. The number of aromatic nitrogens is 3. The van der Waals surface area contributed by atoms with Crippen molar-refractivity contribution >= 4 is 0 Å². The third-order valence-corrected chi connectivity index (χ3v) is 3.50. The maximum Gasteiger partial charge on any atom is 0.115 e. The highest BCUT2D eigenvalue weighted by Crippen LogP contribution is 2.46. The summed E-state index contributed by atoms with van der Waals surface area (Å²) in [4.78, 5) is 12.0. The first-order valence-electron chi connectivity index (χ1n) is 5.83. The summed E-state index contributed by atoms with van der Waals surface area (Å²) in [5.41, 5.74) is 2.97. The minimum absolute atomic E-state index is 0.101. The number of pyridine rings is 1. The Balaban J connectivity index is 2.03. The zero-order valence-electron chi connectivity index (χ0n) is 9.77. The van der Waals surface area contributed by atoms with E-state index in [1.807, 2.05) is 19.1 Å². The molecule has 17 heavy (non-hydrogen) atoms. The number of H-pyrrole nitrogens is 1. The summed E-state index contributed by atoms with van der Waals surface area (Å²) in [5.74, 6) is 0.921. The van der Waals surface area contributed by atoms with Gasteiger partial charge in [0.2, 0.25) is 0 Å². The van der Waals surface area contributed by atoms with Crippen LogP contribution in [-0.2, 0) is 5.41 Å². The van der Waals surface area contributed by atoms with Crippen molar-refractivity contribution in [1.82, 2.24) is 15.0 Å². The average Bonchev–Trinajstić information content (AvgIpc) is 3.08. The molecule has 1 aliphatic rings. The second-order valence-corrected chi connectivity index (χ2v) is 4.73. The van der Waals surface area contributed by atoms with Crippen LogP contribution in [0.2, 0.25) is 0 Å². The zero-order chi connectivity index (χ0) is 11.9. The molecule has 2 heterocycles. The van der Waals surface area contributed by atoms with Crippen molar-refractivity contribution < 1.29 is 5.11 Å². The SMILES string of the molecule is Cc1[nH]c(C2(CO)CC2)nc1-c1ccncc1. The van der Waals surface area contributed by atoms with Crippen molar-refractivity contribution in [3.63, 3.8) is 0 Å². The minimum atomic E-state index is -0.101. The number of rotatable bonds is 3. The molecule has 0 saturated heterocycles. The van der Waals surface area contributed by atoms with Crippen molar-refractivity contribution in [2.75, 3.05) is 6.61 Å². The number of nitrogens with zero attached hydrogens (tertiary/aromatic N) is 2. The van der Waals surface area contributed by atoms with Crippen LogP contribution in [0.5, 0.6) is 0 Å². The lowest BCUT2D eigenvalue weighted by atomic mass is 10.1. The van der Waals surface area contributed by atoms with Gasteiger partial charge in [-0.05, 0) is 31.9 Å². The lowest BCUT2D eigenvalue weighted by Gasteiger charge is -2.06. The number of imidazole rings is 1. The topological polar surface area (TPSA) is 61.8 Å². The number of aliphatic hydroxyl groups is 1. The molecular formula is C13H15N3O. The van der Waals surface area contributed by atoms with Gasteiger partial charge in [-0.3, -0.25) is 4.98 Å². The first-order chi connectivity index (χ1) is 8.25. The summed E-state index contributed by atoms with van der Waals surface area (Å²) < 4.78 is 0. The summed E-state index contributed by atoms with van der Waals surface area (Å²) in [6.45, 7) is 2.19. The Bertz CT molecular complexity index is 529. The van der Waals surface area contributed by atoms with E-state index in [0.29, 0.717) is 0 Å². The number of hydrogen-bond donors (Lipinski definition) is 2. The fourth-order valence-electron chi connectivity index (χ4n) is 2.12. The fourth-order valence-corrected chi connectivity index (χ4v) is 2.12. The van der Waals surface area contributed by atoms with Gasteiger partial charge in [0, 0.05) is 23.7 Å². The summed E-state index contributed by atoms with van der Waals surface area (Å²) in [5, 5.41) is 9.41. The van der Waals surface area contributed by atoms with Crippen molar-refractivity contribution in [2.24, 2.45) is 0 Å². The Labute approximate surface area is 99.8 Å². The molecule has 0 unspecified atom stereocenters. The zero-order valence-corrected chi connectivity index (χ0v) is 9.77. The molecule has 1 fully saturated rings. The van der Waals surface area contributed by atoms with Crippen LogP contribution in [-0.4, -0.2) is 26.7 Å². The van der Waals surface area contributed by atoms with Crippen molar-refractivity contribution in [2.45, 2.75) is 25.2 Å². The van der Waals surface area contributed by atoms with Crippen LogP contribution in [0.15, 0.2) is 24.5 Å². The van der Waals surface area contributed by atoms with Gasteiger partial charge in [-0.25, -0.2) is 4.98 Å². The predicted octanol–water partition coefficient (Wildman–Crippen LogP) is 1.80. The standard InChI is InChI=1S/C13H15N3O/c1-9-11(10-2-6-14-7-3-10)16-12(15-9)13(8-17)4-5-13/h2-3,6-7,17H,4-5,8H2,1H3,(H,15,16). The molecule has 2 aromatic heterocycles. The highest BCUT2D eigenvalue weighted by atomic mass is 16.3. The Morgan fingerprint density at radius 3 is 2.65 bits per heavy atom. The quantitative estimate of drug-likeness (QED) is 0.843. The largest absolute Gasteiger partial charge is 0.395 e. The van der Waals surface area contributed by atoms with E-state index in [-0.39, 0.29) is 12.0 Å². The van der Waals surface area contributed by atoms with E-state index in [1.165, 1.54) is 0 Å². The molecule has 2 N–H and O–H groups in total. The average molecular weight is 229 g/mol. The second kappa shape index (κ2) is 3.67. The number of aromatic amines is 1. The van der Waals surface area contributed by atoms with E-state index in [2.05, 4.69) is 15.0 Å². The van der Waals surface area contributed by atoms with E-state index in [4.69, 9.17) is 0 Å². The van der Waals surface area contributed by atoms with Crippen LogP contribution < -0.4 is 0 Å². The van der Waals surface area contributed by atoms with Gasteiger partial charge in [0.25, 0.3) is 0 Å². The Kier molecular flexibility index (Phi) is 2.26. The molecule has 0 amide bonds. The molecular weight excluding hydrogens is 214 g/mol. The number of aliphatic hydroxyl groups excluding tert-OH is 1. The van der Waals surface area contributed by atoms with Gasteiger partial charge < -0.3 is 10.1 Å². The summed E-state index contributed by atoms with van der Waals surface area (Å²) in [6.07, 6.45) is 5.57. The van der Waals surface area contributed by atoms with Gasteiger partial charge >= 0.3 is 0 Å². The van der Waals surface area contributed by atoms with E-state index < -0.39 is 0 Å². The molecule has 1 aliphatic carbocycles. The maximum atomic E-state index is 9.41. The molecule has 0 atom stereocenters. The smallest absolute Gasteiger partial charge is 0.115 e. The molecule has 4 heteroatoms.